The van der Waals surface area contributed by atoms with E-state index in [1.54, 1.807) is 12.1 Å². The van der Waals surface area contributed by atoms with Gasteiger partial charge in [-0.05, 0) is 34.1 Å². The smallest absolute Gasteiger partial charge is 0.326 e. The fourth-order valence-corrected chi connectivity index (χ4v) is 2.62. The Labute approximate surface area is 128 Å². The summed E-state index contributed by atoms with van der Waals surface area (Å²) in [4.78, 5) is 24.3. The van der Waals surface area contributed by atoms with Gasteiger partial charge >= 0.3 is 12.0 Å². The number of nitrogens with zero attached hydrogens (tertiary/aromatic N) is 2. The number of carboxylic acids is 1. The molecule has 1 aliphatic rings. The van der Waals surface area contributed by atoms with Crippen molar-refractivity contribution in [2.75, 3.05) is 11.9 Å². The van der Waals surface area contributed by atoms with Crippen molar-refractivity contribution < 1.29 is 19.8 Å². The number of rotatable bonds is 2. The van der Waals surface area contributed by atoms with Gasteiger partial charge in [-0.1, -0.05) is 0 Å². The van der Waals surface area contributed by atoms with Crippen molar-refractivity contribution in [1.82, 2.24) is 4.90 Å². The predicted molar refractivity (Wildman–Crippen MR) is 76.6 cm³/mol. The number of carbonyl (C=O) groups excluding carboxylic acids is 1. The number of aliphatic hydroxyl groups excluding tert-OH is 1. The zero-order valence-electron chi connectivity index (χ0n) is 10.8. The van der Waals surface area contributed by atoms with Crippen molar-refractivity contribution in [3.8, 4) is 6.07 Å². The first-order valence-corrected chi connectivity index (χ1v) is 6.90. The molecule has 1 aromatic carbocycles. The first-order valence-electron chi connectivity index (χ1n) is 6.10. The summed E-state index contributed by atoms with van der Waals surface area (Å²) in [5.41, 5.74) is 0.851. The molecule has 2 rings (SSSR count). The van der Waals surface area contributed by atoms with E-state index in [2.05, 4.69) is 21.2 Å². The van der Waals surface area contributed by atoms with Crippen LogP contribution in [0, 0.1) is 11.3 Å². The Morgan fingerprint density at radius 1 is 1.48 bits per heavy atom. The highest BCUT2D eigenvalue weighted by Gasteiger charge is 2.39. The number of likely N-dealkylation sites (tertiary alicyclic amines) is 1. The standard InChI is InChI=1S/C13H12BrN3O4/c14-9-3-7(5-15)1-2-10(9)16-13(21)17-6-8(18)4-11(17)12(19)20/h1-3,8,11,18H,4,6H2,(H,16,21)(H,19,20)/t8-,11+/m1/s1. The number of hydrogen-bond donors (Lipinski definition) is 3. The second-order valence-electron chi connectivity index (χ2n) is 4.63. The monoisotopic (exact) mass is 353 g/mol. The van der Waals surface area contributed by atoms with E-state index < -0.39 is 24.1 Å². The van der Waals surface area contributed by atoms with Crippen LogP contribution in [0.3, 0.4) is 0 Å². The van der Waals surface area contributed by atoms with Crippen LogP contribution in [0.2, 0.25) is 0 Å². The highest BCUT2D eigenvalue weighted by Crippen LogP contribution is 2.25. The van der Waals surface area contributed by atoms with Gasteiger partial charge in [0.15, 0.2) is 0 Å². The van der Waals surface area contributed by atoms with Crippen LogP contribution in [0.4, 0.5) is 10.5 Å². The maximum Gasteiger partial charge on any atom is 0.326 e. The van der Waals surface area contributed by atoms with Crippen LogP contribution in [0.1, 0.15) is 12.0 Å². The number of aliphatic hydroxyl groups is 1. The normalized spacial score (nSPS) is 20.9. The van der Waals surface area contributed by atoms with E-state index in [0.29, 0.717) is 15.7 Å². The number of hydrogen-bond acceptors (Lipinski definition) is 4. The Bertz CT molecular complexity index is 628. The number of aliphatic carboxylic acids is 1. The van der Waals surface area contributed by atoms with Crippen LogP contribution in [-0.4, -0.2) is 45.8 Å². The first kappa shape index (κ1) is 15.3. The molecule has 0 aliphatic carbocycles. The number of anilines is 1. The lowest BCUT2D eigenvalue weighted by molar-refractivity contribution is -0.141. The molecule has 8 heteroatoms. The highest BCUT2D eigenvalue weighted by molar-refractivity contribution is 9.10. The molecule has 1 aromatic rings. The Morgan fingerprint density at radius 2 is 2.19 bits per heavy atom. The Kier molecular flexibility index (Phi) is 4.45. The van der Waals surface area contributed by atoms with Gasteiger partial charge < -0.3 is 20.4 Å². The lowest BCUT2D eigenvalue weighted by Gasteiger charge is -2.22. The summed E-state index contributed by atoms with van der Waals surface area (Å²) in [7, 11) is 0. The van der Waals surface area contributed by atoms with Gasteiger partial charge in [-0.25, -0.2) is 9.59 Å². The van der Waals surface area contributed by atoms with Crippen LogP contribution < -0.4 is 5.32 Å². The van der Waals surface area contributed by atoms with Gasteiger partial charge in [-0.2, -0.15) is 5.26 Å². The molecule has 7 nitrogen and oxygen atoms in total. The molecule has 110 valence electrons. The summed E-state index contributed by atoms with van der Waals surface area (Å²) in [6, 6.07) is 4.94. The number of nitrogens with one attached hydrogen (secondary N) is 1. The van der Waals surface area contributed by atoms with Crippen molar-refractivity contribution in [1.29, 1.82) is 5.26 Å². The van der Waals surface area contributed by atoms with E-state index in [4.69, 9.17) is 10.4 Å². The van der Waals surface area contributed by atoms with Gasteiger partial charge in [-0.3, -0.25) is 0 Å². The van der Waals surface area contributed by atoms with Gasteiger partial charge in [0.1, 0.15) is 6.04 Å². The molecule has 1 aliphatic heterocycles. The molecule has 2 atom stereocenters. The third kappa shape index (κ3) is 3.32. The Morgan fingerprint density at radius 3 is 2.76 bits per heavy atom. The lowest BCUT2D eigenvalue weighted by atomic mass is 10.2. The van der Waals surface area contributed by atoms with E-state index in [0.717, 1.165) is 4.90 Å². The first-order chi connectivity index (χ1) is 9.92. The average molecular weight is 354 g/mol. The molecular formula is C13H12BrN3O4. The number of β-amino-alcohol motifs (C(OH)–C–C–N with tert-alkyl or cyclic N) is 1. The Hall–Kier alpha value is -2.11. The highest BCUT2D eigenvalue weighted by atomic mass is 79.9. The minimum atomic E-state index is -1.15. The van der Waals surface area contributed by atoms with E-state index in [1.165, 1.54) is 6.07 Å². The third-order valence-corrected chi connectivity index (χ3v) is 3.82. The van der Waals surface area contributed by atoms with Gasteiger partial charge in [-0.15, -0.1) is 0 Å². The minimum absolute atomic E-state index is 0.0112. The van der Waals surface area contributed by atoms with Crippen molar-refractivity contribution in [3.63, 3.8) is 0 Å². The molecule has 0 bridgehead atoms. The number of benzene rings is 1. The number of carboxylic acid groups (broad SMARTS) is 1. The summed E-state index contributed by atoms with van der Waals surface area (Å²) in [6.07, 6.45) is -0.835. The summed E-state index contributed by atoms with van der Waals surface area (Å²) >= 11 is 3.23. The van der Waals surface area contributed by atoms with Crippen LogP contribution >= 0.6 is 15.9 Å². The second-order valence-corrected chi connectivity index (χ2v) is 5.49. The number of halogens is 1. The van der Waals surface area contributed by atoms with Gasteiger partial charge in [0.25, 0.3) is 0 Å². The molecule has 2 amide bonds. The molecule has 21 heavy (non-hydrogen) atoms. The summed E-state index contributed by atoms with van der Waals surface area (Å²) in [5.74, 6) is -1.15. The molecule has 0 spiro atoms. The molecule has 0 saturated carbocycles. The second kappa shape index (κ2) is 6.11. The van der Waals surface area contributed by atoms with Crippen molar-refractivity contribution in [2.24, 2.45) is 0 Å². The number of carbonyl (C=O) groups is 2. The molecule has 1 heterocycles. The van der Waals surface area contributed by atoms with Crippen LogP contribution in [0.25, 0.3) is 0 Å². The SMILES string of the molecule is N#Cc1ccc(NC(=O)N2C[C@H](O)C[C@H]2C(=O)O)c(Br)c1. The summed E-state index contributed by atoms with van der Waals surface area (Å²) in [6.45, 7) is -0.0311. The van der Waals surface area contributed by atoms with Crippen LogP contribution in [0.5, 0.6) is 0 Å². The number of urea groups is 1. The van der Waals surface area contributed by atoms with Gasteiger partial charge in [0, 0.05) is 17.4 Å². The fraction of sp³-hybridized carbons (Fsp3) is 0.308. The van der Waals surface area contributed by atoms with E-state index in [1.807, 2.05) is 6.07 Å². The topological polar surface area (TPSA) is 114 Å². The zero-order chi connectivity index (χ0) is 15.6. The summed E-state index contributed by atoms with van der Waals surface area (Å²) in [5, 5.41) is 29.9. The molecule has 1 saturated heterocycles. The average Bonchev–Trinajstić information content (AvgIpc) is 2.83. The molecule has 3 N–H and O–H groups in total. The maximum absolute atomic E-state index is 12.1. The van der Waals surface area contributed by atoms with Crippen molar-refractivity contribution in [3.05, 3.63) is 28.2 Å². The largest absolute Gasteiger partial charge is 0.480 e. The Balaban J connectivity index is 2.14. The van der Waals surface area contributed by atoms with Crippen LogP contribution in [-0.2, 0) is 4.79 Å². The molecule has 0 aromatic heterocycles. The molecule has 0 unspecified atom stereocenters. The third-order valence-electron chi connectivity index (χ3n) is 3.16. The van der Waals surface area contributed by atoms with Crippen LogP contribution in [0.15, 0.2) is 22.7 Å². The van der Waals surface area contributed by atoms with E-state index in [-0.39, 0.29) is 13.0 Å². The maximum atomic E-state index is 12.1. The number of amides is 2. The van der Waals surface area contributed by atoms with Gasteiger partial charge in [0.05, 0.1) is 23.4 Å². The van der Waals surface area contributed by atoms with Crippen molar-refractivity contribution in [2.45, 2.75) is 18.6 Å². The number of nitriles is 1. The lowest BCUT2D eigenvalue weighted by Crippen LogP contribution is -2.43. The minimum Gasteiger partial charge on any atom is -0.480 e. The van der Waals surface area contributed by atoms with Crippen molar-refractivity contribution >= 4 is 33.6 Å². The van der Waals surface area contributed by atoms with Gasteiger partial charge in [0.2, 0.25) is 0 Å². The fourth-order valence-electron chi connectivity index (χ4n) is 2.15. The quantitative estimate of drug-likeness (QED) is 0.742. The van der Waals surface area contributed by atoms with E-state index >= 15 is 0 Å². The molecule has 1 fully saturated rings. The zero-order valence-corrected chi connectivity index (χ0v) is 12.4. The molecule has 0 radical (unpaired) electrons. The molecular weight excluding hydrogens is 342 g/mol. The predicted octanol–water partition coefficient (Wildman–Crippen LogP) is 1.37. The summed E-state index contributed by atoms with van der Waals surface area (Å²) < 4.78 is 0.515. The van der Waals surface area contributed by atoms with E-state index in [9.17, 15) is 14.7 Å².